The van der Waals surface area contributed by atoms with Gasteiger partial charge in [0.25, 0.3) is 5.91 Å². The highest BCUT2D eigenvalue weighted by molar-refractivity contribution is 5.90. The van der Waals surface area contributed by atoms with Crippen LogP contribution in [0.2, 0.25) is 0 Å². The maximum absolute atomic E-state index is 12.0. The molecule has 0 unspecified atom stereocenters. The quantitative estimate of drug-likeness (QED) is 0.785. The van der Waals surface area contributed by atoms with Gasteiger partial charge in [-0.25, -0.2) is 9.97 Å². The molecule has 0 bridgehead atoms. The van der Waals surface area contributed by atoms with E-state index in [0.717, 1.165) is 43.1 Å². The summed E-state index contributed by atoms with van der Waals surface area (Å²) in [5.41, 5.74) is 4.60. The molecule has 1 aliphatic heterocycles. The van der Waals surface area contributed by atoms with Gasteiger partial charge in [0.1, 0.15) is 5.82 Å². The number of hydrogen-bond acceptors (Lipinski definition) is 6. The van der Waals surface area contributed by atoms with Crippen LogP contribution < -0.4 is 15.5 Å². The fourth-order valence-corrected chi connectivity index (χ4v) is 4.02. The normalized spacial score (nSPS) is 19.3. The van der Waals surface area contributed by atoms with Gasteiger partial charge in [-0.3, -0.25) is 9.48 Å². The fourth-order valence-electron chi connectivity index (χ4n) is 4.02. The molecule has 2 aromatic heterocycles. The largest absolute Gasteiger partial charge is 0.355 e. The van der Waals surface area contributed by atoms with Crippen molar-refractivity contribution < 1.29 is 4.79 Å². The van der Waals surface area contributed by atoms with Crippen molar-refractivity contribution in [3.63, 3.8) is 0 Å². The van der Waals surface area contributed by atoms with Crippen molar-refractivity contribution in [3.8, 4) is 0 Å². The van der Waals surface area contributed by atoms with Crippen molar-refractivity contribution in [1.82, 2.24) is 30.4 Å². The predicted molar refractivity (Wildman–Crippen MR) is 108 cm³/mol. The monoisotopic (exact) mass is 383 g/mol. The highest BCUT2D eigenvalue weighted by Gasteiger charge is 2.30. The van der Waals surface area contributed by atoms with Gasteiger partial charge >= 0.3 is 0 Å². The first-order chi connectivity index (χ1) is 13.5. The highest BCUT2D eigenvalue weighted by atomic mass is 16.2. The summed E-state index contributed by atoms with van der Waals surface area (Å²) in [5, 5.41) is 10.8. The van der Waals surface area contributed by atoms with Crippen molar-refractivity contribution in [2.45, 2.75) is 51.6 Å². The fraction of sp³-hybridized carbons (Fsp3) is 0.600. The Morgan fingerprint density at radius 3 is 2.75 bits per heavy atom. The van der Waals surface area contributed by atoms with Gasteiger partial charge in [-0.1, -0.05) is 0 Å². The summed E-state index contributed by atoms with van der Waals surface area (Å²) < 4.78 is 2.03. The number of hydrogen-bond donors (Lipinski definition) is 2. The van der Waals surface area contributed by atoms with Crippen LogP contribution in [0.25, 0.3) is 0 Å². The van der Waals surface area contributed by atoms with Crippen molar-refractivity contribution in [3.05, 3.63) is 34.5 Å². The van der Waals surface area contributed by atoms with Crippen LogP contribution in [-0.2, 0) is 13.6 Å². The number of anilines is 1. The minimum Gasteiger partial charge on any atom is -0.355 e. The summed E-state index contributed by atoms with van der Waals surface area (Å²) in [6.45, 7) is 6.61. The lowest BCUT2D eigenvalue weighted by Crippen LogP contribution is -2.33. The van der Waals surface area contributed by atoms with E-state index in [2.05, 4.69) is 30.6 Å². The van der Waals surface area contributed by atoms with Crippen molar-refractivity contribution in [1.29, 1.82) is 0 Å². The van der Waals surface area contributed by atoms with Crippen LogP contribution >= 0.6 is 0 Å². The second-order valence-corrected chi connectivity index (χ2v) is 7.93. The smallest absolute Gasteiger partial charge is 0.288 e. The third-order valence-electron chi connectivity index (χ3n) is 5.89. The first kappa shape index (κ1) is 18.9. The molecule has 1 aliphatic carbocycles. The summed E-state index contributed by atoms with van der Waals surface area (Å²) in [5.74, 6) is 1.55. The summed E-state index contributed by atoms with van der Waals surface area (Å²) in [7, 11) is 3.64. The average Bonchev–Trinajstić information content (AvgIpc) is 3.29. The van der Waals surface area contributed by atoms with E-state index >= 15 is 0 Å². The lowest BCUT2D eigenvalue weighted by Gasteiger charge is -2.21. The van der Waals surface area contributed by atoms with Gasteiger partial charge in [-0.15, -0.1) is 0 Å². The Morgan fingerprint density at radius 1 is 1.25 bits per heavy atom. The molecular formula is C20H29N7O. The van der Waals surface area contributed by atoms with Crippen LogP contribution in [0.4, 0.5) is 5.82 Å². The number of amides is 1. The van der Waals surface area contributed by atoms with Crippen LogP contribution in [0.5, 0.6) is 0 Å². The van der Waals surface area contributed by atoms with Gasteiger partial charge in [-0.05, 0) is 33.1 Å². The Labute approximate surface area is 165 Å². The average molecular weight is 384 g/mol. The van der Waals surface area contributed by atoms with Gasteiger partial charge in [0.05, 0.1) is 6.20 Å². The predicted octanol–water partition coefficient (Wildman–Crippen LogP) is 1.43. The van der Waals surface area contributed by atoms with Crippen LogP contribution in [0.15, 0.2) is 6.20 Å². The summed E-state index contributed by atoms with van der Waals surface area (Å²) in [4.78, 5) is 23.1. The number of rotatable bonds is 6. The molecule has 0 radical (unpaired) electrons. The molecule has 1 atom stereocenters. The number of nitrogens with zero attached hydrogens (tertiary/aromatic N) is 5. The minimum atomic E-state index is -0.248. The zero-order valence-electron chi connectivity index (χ0n) is 17.1. The highest BCUT2D eigenvalue weighted by Crippen LogP contribution is 2.41. The number of carbonyl (C=O) groups is 1. The van der Waals surface area contributed by atoms with Gasteiger partial charge in [0, 0.05) is 68.2 Å². The van der Waals surface area contributed by atoms with Crippen molar-refractivity contribution >= 4 is 11.7 Å². The second-order valence-electron chi connectivity index (χ2n) is 7.93. The van der Waals surface area contributed by atoms with Gasteiger partial charge in [0.15, 0.2) is 0 Å². The molecule has 4 rings (SSSR count). The Balaban J connectivity index is 1.43. The van der Waals surface area contributed by atoms with Crippen LogP contribution in [0.3, 0.4) is 0 Å². The number of carbonyl (C=O) groups excluding carboxylic acids is 1. The van der Waals surface area contributed by atoms with E-state index in [1.54, 1.807) is 7.05 Å². The molecule has 2 N–H and O–H groups in total. The molecule has 3 heterocycles. The molecule has 150 valence electrons. The summed E-state index contributed by atoms with van der Waals surface area (Å²) in [6, 6.07) is 0.394. The van der Waals surface area contributed by atoms with Gasteiger partial charge in [-0.2, -0.15) is 5.10 Å². The summed E-state index contributed by atoms with van der Waals surface area (Å²) >= 11 is 0. The molecule has 1 saturated carbocycles. The molecule has 8 heteroatoms. The molecule has 0 spiro atoms. The van der Waals surface area contributed by atoms with Crippen LogP contribution in [-0.4, -0.2) is 51.8 Å². The maximum Gasteiger partial charge on any atom is 0.288 e. The molecule has 1 amide bonds. The lowest BCUT2D eigenvalue weighted by molar-refractivity contribution is 0.0952. The molecule has 8 nitrogen and oxygen atoms in total. The van der Waals surface area contributed by atoms with E-state index in [1.807, 2.05) is 31.8 Å². The maximum atomic E-state index is 12.0. The van der Waals surface area contributed by atoms with Crippen LogP contribution in [0.1, 0.15) is 58.3 Å². The van der Waals surface area contributed by atoms with E-state index in [4.69, 9.17) is 0 Å². The van der Waals surface area contributed by atoms with E-state index in [9.17, 15) is 4.79 Å². The SMILES string of the molecule is CNC(=O)c1nc(C)c(C)c(N2CC[C@@H](NCc3cnn(C)c3C3CC3)C2)n1. The standard InChI is InChI=1S/C20H29N7O/c1-12-13(2)24-18(20(28)21-3)25-19(12)27-8-7-16(11-27)22-9-15-10-23-26(4)17(15)14-5-6-14/h10,14,16,22H,5-9,11H2,1-4H3,(H,21,28)/t16-/m1/s1. The van der Waals surface area contributed by atoms with Gasteiger partial charge in [0.2, 0.25) is 5.82 Å². The van der Waals surface area contributed by atoms with Gasteiger partial charge < -0.3 is 15.5 Å². The third kappa shape index (κ3) is 3.61. The molecule has 2 fully saturated rings. The Kier molecular flexibility index (Phi) is 5.05. The molecule has 0 aromatic carbocycles. The molecular weight excluding hydrogens is 354 g/mol. The van der Waals surface area contributed by atoms with E-state index in [0.29, 0.717) is 12.0 Å². The zero-order valence-corrected chi connectivity index (χ0v) is 17.1. The molecule has 1 saturated heterocycles. The minimum absolute atomic E-state index is 0.237. The molecule has 28 heavy (non-hydrogen) atoms. The molecule has 2 aliphatic rings. The van der Waals surface area contributed by atoms with E-state index in [-0.39, 0.29) is 11.7 Å². The van der Waals surface area contributed by atoms with Crippen molar-refractivity contribution in [2.24, 2.45) is 7.05 Å². The van der Waals surface area contributed by atoms with Crippen molar-refractivity contribution in [2.75, 3.05) is 25.0 Å². The van der Waals surface area contributed by atoms with E-state index < -0.39 is 0 Å². The number of nitrogens with one attached hydrogen (secondary N) is 2. The third-order valence-corrected chi connectivity index (χ3v) is 5.89. The molecule has 2 aromatic rings. The zero-order chi connectivity index (χ0) is 19.8. The topological polar surface area (TPSA) is 88.0 Å². The Bertz CT molecular complexity index is 887. The van der Waals surface area contributed by atoms with Crippen LogP contribution in [0, 0.1) is 13.8 Å². The first-order valence-electron chi connectivity index (χ1n) is 10.0. The van der Waals surface area contributed by atoms with E-state index in [1.165, 1.54) is 24.1 Å². The lowest BCUT2D eigenvalue weighted by atomic mass is 10.1. The summed E-state index contributed by atoms with van der Waals surface area (Å²) in [6.07, 6.45) is 5.62. The first-order valence-corrected chi connectivity index (χ1v) is 10.0. The number of aromatic nitrogens is 4. The number of aryl methyl sites for hydroxylation is 2. The Hall–Kier alpha value is -2.48. The second kappa shape index (κ2) is 7.50. The Morgan fingerprint density at radius 2 is 2.04 bits per heavy atom.